The molecule has 3 heterocycles. The first-order valence-electron chi connectivity index (χ1n) is 11.2. The van der Waals surface area contributed by atoms with Crippen molar-refractivity contribution >= 4 is 5.91 Å². The zero-order valence-electron chi connectivity index (χ0n) is 18.3. The summed E-state index contributed by atoms with van der Waals surface area (Å²) in [4.78, 5) is 17.4. The molecule has 0 aliphatic carbocycles. The molecule has 3 aromatic rings. The van der Waals surface area contributed by atoms with Crippen LogP contribution in [0.3, 0.4) is 0 Å². The second kappa shape index (κ2) is 9.58. The van der Waals surface area contributed by atoms with Crippen molar-refractivity contribution in [2.75, 3.05) is 32.8 Å². The minimum atomic E-state index is -0.457. The predicted octanol–water partition coefficient (Wildman–Crippen LogP) is 2.74. The number of hydrogen-bond acceptors (Lipinski definition) is 6. The van der Waals surface area contributed by atoms with E-state index in [2.05, 4.69) is 21.3 Å². The molecule has 5 rings (SSSR count). The van der Waals surface area contributed by atoms with Crippen molar-refractivity contribution in [3.8, 4) is 11.5 Å². The molecule has 2 aromatic carbocycles. The van der Waals surface area contributed by atoms with Crippen molar-refractivity contribution in [2.24, 2.45) is 0 Å². The van der Waals surface area contributed by atoms with Gasteiger partial charge in [-0.15, -0.1) is 5.10 Å². The van der Waals surface area contributed by atoms with Gasteiger partial charge in [-0.3, -0.25) is 9.69 Å². The number of ether oxygens (including phenoxy) is 2. The van der Waals surface area contributed by atoms with Crippen LogP contribution < -0.4 is 9.47 Å². The number of benzene rings is 2. The van der Waals surface area contributed by atoms with E-state index < -0.39 is 5.82 Å². The SMILES string of the molecule is O=C1c2cc(F)ccc2OCCn2cc(nn2)COc2cccc(c2)CN2CCCN1CC2. The molecule has 1 fully saturated rings. The molecule has 33 heavy (non-hydrogen) atoms. The van der Waals surface area contributed by atoms with Crippen LogP contribution in [0.4, 0.5) is 4.39 Å². The minimum absolute atomic E-state index is 0.206. The number of rotatable bonds is 0. The second-order valence-electron chi connectivity index (χ2n) is 8.32. The molecule has 9 heteroatoms. The van der Waals surface area contributed by atoms with Gasteiger partial charge in [-0.05, 0) is 42.3 Å². The number of aromatic nitrogens is 3. The summed E-state index contributed by atoms with van der Waals surface area (Å²) in [5, 5.41) is 8.26. The first-order chi connectivity index (χ1) is 16.1. The molecule has 0 radical (unpaired) electrons. The van der Waals surface area contributed by atoms with Crippen LogP contribution in [-0.4, -0.2) is 63.5 Å². The van der Waals surface area contributed by atoms with E-state index in [0.717, 1.165) is 37.4 Å². The summed E-state index contributed by atoms with van der Waals surface area (Å²) >= 11 is 0. The first kappa shape index (κ1) is 21.4. The van der Waals surface area contributed by atoms with Crippen molar-refractivity contribution in [1.29, 1.82) is 0 Å². The summed E-state index contributed by atoms with van der Waals surface area (Å²) < 4.78 is 27.5. The Hall–Kier alpha value is -3.46. The van der Waals surface area contributed by atoms with E-state index >= 15 is 0 Å². The summed E-state index contributed by atoms with van der Waals surface area (Å²) in [6.45, 7) is 4.61. The number of amides is 1. The Morgan fingerprint density at radius 2 is 1.91 bits per heavy atom. The maximum Gasteiger partial charge on any atom is 0.257 e. The number of halogens is 1. The lowest BCUT2D eigenvalue weighted by atomic mass is 10.1. The predicted molar refractivity (Wildman–Crippen MR) is 118 cm³/mol. The van der Waals surface area contributed by atoms with E-state index in [9.17, 15) is 9.18 Å². The van der Waals surface area contributed by atoms with E-state index in [1.807, 2.05) is 18.2 Å². The molecule has 1 atom stereocenters. The van der Waals surface area contributed by atoms with Crippen molar-refractivity contribution in [2.45, 2.75) is 26.1 Å². The van der Waals surface area contributed by atoms with Crippen LogP contribution in [0.5, 0.6) is 11.5 Å². The Balaban J connectivity index is 1.43. The number of fused-ring (bicyclic) bond motifs is 8. The molecule has 6 bridgehead atoms. The van der Waals surface area contributed by atoms with Gasteiger partial charge in [-0.25, -0.2) is 9.07 Å². The molecule has 1 saturated heterocycles. The second-order valence-corrected chi connectivity index (χ2v) is 8.32. The number of carbonyl (C=O) groups excluding carboxylic acids is 1. The maximum atomic E-state index is 14.0. The molecule has 2 aliphatic rings. The summed E-state index contributed by atoms with van der Waals surface area (Å²) in [6.07, 6.45) is 2.65. The van der Waals surface area contributed by atoms with Gasteiger partial charge in [0.05, 0.1) is 18.3 Å². The summed E-state index contributed by atoms with van der Waals surface area (Å²) in [5.74, 6) is 0.497. The smallest absolute Gasteiger partial charge is 0.257 e. The quantitative estimate of drug-likeness (QED) is 0.523. The minimum Gasteiger partial charge on any atom is -0.491 e. The number of carbonyl (C=O) groups is 1. The fourth-order valence-corrected chi connectivity index (χ4v) is 4.21. The summed E-state index contributed by atoms with van der Waals surface area (Å²) in [7, 11) is 0. The highest BCUT2D eigenvalue weighted by atomic mass is 19.1. The van der Waals surface area contributed by atoms with Crippen LogP contribution in [0.25, 0.3) is 0 Å². The van der Waals surface area contributed by atoms with Crippen molar-refractivity contribution in [3.63, 3.8) is 0 Å². The Bertz CT molecular complexity index is 1130. The van der Waals surface area contributed by atoms with Gasteiger partial charge in [0.2, 0.25) is 0 Å². The molecular formula is C24H26FN5O3. The number of hydrogen-bond donors (Lipinski definition) is 0. The van der Waals surface area contributed by atoms with Crippen LogP contribution in [0.15, 0.2) is 48.7 Å². The van der Waals surface area contributed by atoms with E-state index in [0.29, 0.717) is 37.7 Å². The Labute approximate surface area is 191 Å². The van der Waals surface area contributed by atoms with Gasteiger partial charge in [-0.1, -0.05) is 17.3 Å². The molecule has 0 N–H and O–H groups in total. The van der Waals surface area contributed by atoms with Gasteiger partial charge in [0, 0.05) is 32.7 Å². The van der Waals surface area contributed by atoms with Crippen LogP contribution in [-0.2, 0) is 19.7 Å². The zero-order valence-corrected chi connectivity index (χ0v) is 18.3. The summed E-state index contributed by atoms with van der Waals surface area (Å²) in [5.41, 5.74) is 2.11. The van der Waals surface area contributed by atoms with Gasteiger partial charge in [-0.2, -0.15) is 0 Å². The lowest BCUT2D eigenvalue weighted by Crippen LogP contribution is -2.35. The molecule has 172 valence electrons. The third-order valence-electron chi connectivity index (χ3n) is 5.90. The van der Waals surface area contributed by atoms with Gasteiger partial charge >= 0.3 is 0 Å². The molecule has 1 aromatic heterocycles. The highest BCUT2D eigenvalue weighted by Gasteiger charge is 2.24. The van der Waals surface area contributed by atoms with Gasteiger partial charge < -0.3 is 14.4 Å². The molecule has 0 saturated carbocycles. The van der Waals surface area contributed by atoms with Crippen molar-refractivity contribution in [3.05, 3.63) is 71.3 Å². The standard InChI is InChI=1S/C24H26FN5O3/c25-19-5-6-23-22(14-19)24(31)29-8-2-7-28(9-10-29)15-18-3-1-4-21(13-18)33-17-20-16-30(27-26-20)11-12-32-23/h1,3-6,13-14,16H,2,7-12,15,17H2. The van der Waals surface area contributed by atoms with E-state index in [4.69, 9.17) is 9.47 Å². The van der Waals surface area contributed by atoms with Crippen molar-refractivity contribution < 1.29 is 18.7 Å². The van der Waals surface area contributed by atoms with Crippen LogP contribution in [0, 0.1) is 5.82 Å². The molecule has 1 unspecified atom stereocenters. The largest absolute Gasteiger partial charge is 0.491 e. The third-order valence-corrected chi connectivity index (χ3v) is 5.90. The van der Waals surface area contributed by atoms with E-state index in [1.165, 1.54) is 18.2 Å². The monoisotopic (exact) mass is 451 g/mol. The normalized spacial score (nSPS) is 19.4. The highest BCUT2D eigenvalue weighted by molar-refractivity contribution is 5.97. The van der Waals surface area contributed by atoms with Crippen LogP contribution in [0.2, 0.25) is 0 Å². The average molecular weight is 452 g/mol. The summed E-state index contributed by atoms with van der Waals surface area (Å²) in [6, 6.07) is 12.1. The Morgan fingerprint density at radius 1 is 0.970 bits per heavy atom. The fourth-order valence-electron chi connectivity index (χ4n) is 4.21. The molecule has 1 amide bonds. The molecule has 0 spiro atoms. The lowest BCUT2D eigenvalue weighted by molar-refractivity contribution is 0.0756. The van der Waals surface area contributed by atoms with Crippen LogP contribution >= 0.6 is 0 Å². The van der Waals surface area contributed by atoms with Crippen molar-refractivity contribution in [1.82, 2.24) is 24.8 Å². The van der Waals surface area contributed by atoms with Gasteiger partial charge in [0.1, 0.15) is 36.2 Å². The highest BCUT2D eigenvalue weighted by Crippen LogP contribution is 2.23. The topological polar surface area (TPSA) is 72.7 Å². The van der Waals surface area contributed by atoms with E-state index in [1.54, 1.807) is 15.8 Å². The molecular weight excluding hydrogens is 425 g/mol. The molecule has 2 aliphatic heterocycles. The Kier molecular flexibility index (Phi) is 6.21. The van der Waals surface area contributed by atoms with Gasteiger partial charge in [0.25, 0.3) is 5.91 Å². The third kappa shape index (κ3) is 5.14. The van der Waals surface area contributed by atoms with Crippen LogP contribution in [0.1, 0.15) is 28.0 Å². The first-order valence-corrected chi connectivity index (χ1v) is 11.2. The average Bonchev–Trinajstić information content (AvgIpc) is 3.15. The lowest BCUT2D eigenvalue weighted by Gasteiger charge is -2.23. The Morgan fingerprint density at radius 3 is 2.85 bits per heavy atom. The number of nitrogens with zero attached hydrogens (tertiary/aromatic N) is 5. The fraction of sp³-hybridized carbons (Fsp3) is 0.375. The van der Waals surface area contributed by atoms with Gasteiger partial charge in [0.15, 0.2) is 0 Å². The zero-order chi connectivity index (χ0) is 22.6. The van der Waals surface area contributed by atoms with E-state index in [-0.39, 0.29) is 18.1 Å². The molecule has 8 nitrogen and oxygen atoms in total. The maximum absolute atomic E-state index is 14.0.